The Kier molecular flexibility index (Phi) is 3.72. The minimum atomic E-state index is -0.677. The van der Waals surface area contributed by atoms with Crippen molar-refractivity contribution in [2.24, 2.45) is 5.92 Å². The van der Waals surface area contributed by atoms with Gasteiger partial charge in [0.25, 0.3) is 0 Å². The average molecular weight is 234 g/mol. The van der Waals surface area contributed by atoms with E-state index < -0.39 is 5.60 Å². The number of para-hydroxylation sites is 1. The van der Waals surface area contributed by atoms with Crippen LogP contribution in [0.4, 0.5) is 0 Å². The molecule has 0 amide bonds. The van der Waals surface area contributed by atoms with E-state index in [-0.39, 0.29) is 0 Å². The van der Waals surface area contributed by atoms with Crippen LogP contribution in [0.1, 0.15) is 45.1 Å². The van der Waals surface area contributed by atoms with Gasteiger partial charge in [-0.2, -0.15) is 0 Å². The van der Waals surface area contributed by atoms with Crippen LogP contribution in [-0.4, -0.2) is 11.7 Å². The van der Waals surface area contributed by atoms with Gasteiger partial charge in [-0.15, -0.1) is 0 Å². The smallest absolute Gasteiger partial charge is 0.125 e. The minimum Gasteiger partial charge on any atom is -0.493 e. The van der Waals surface area contributed by atoms with Crippen LogP contribution in [0.5, 0.6) is 5.75 Å². The van der Waals surface area contributed by atoms with E-state index in [4.69, 9.17) is 4.74 Å². The van der Waals surface area contributed by atoms with Gasteiger partial charge in [0.15, 0.2) is 0 Å². The molecule has 2 heteroatoms. The molecule has 2 unspecified atom stereocenters. The summed E-state index contributed by atoms with van der Waals surface area (Å²) < 4.78 is 5.74. The van der Waals surface area contributed by atoms with E-state index in [0.29, 0.717) is 12.5 Å². The van der Waals surface area contributed by atoms with Crippen molar-refractivity contribution < 1.29 is 9.84 Å². The van der Waals surface area contributed by atoms with Crippen LogP contribution in [-0.2, 0) is 5.60 Å². The summed E-state index contributed by atoms with van der Waals surface area (Å²) in [6.07, 6.45) is 3.78. The van der Waals surface area contributed by atoms with Gasteiger partial charge >= 0.3 is 0 Å². The van der Waals surface area contributed by atoms with E-state index in [1.165, 1.54) is 0 Å². The largest absolute Gasteiger partial charge is 0.493 e. The average Bonchev–Trinajstić information content (AvgIpc) is 2.68. The predicted octanol–water partition coefficient (Wildman–Crippen LogP) is 3.48. The lowest BCUT2D eigenvalue weighted by molar-refractivity contribution is 0.0376. The molecule has 2 atom stereocenters. The molecular weight excluding hydrogens is 212 g/mol. The Morgan fingerprint density at radius 3 is 2.82 bits per heavy atom. The van der Waals surface area contributed by atoms with Crippen LogP contribution in [0, 0.1) is 5.92 Å². The predicted molar refractivity (Wildman–Crippen MR) is 69.1 cm³/mol. The molecule has 0 aromatic heterocycles. The number of rotatable bonds is 4. The Bertz CT molecular complexity index is 375. The molecule has 94 valence electrons. The number of hydrogen-bond donors (Lipinski definition) is 1. The van der Waals surface area contributed by atoms with E-state index in [2.05, 4.69) is 13.8 Å². The van der Waals surface area contributed by atoms with Gasteiger partial charge in [0, 0.05) is 5.56 Å². The molecule has 0 heterocycles. The number of benzene rings is 1. The molecule has 0 saturated heterocycles. The molecule has 1 N–H and O–H groups in total. The molecule has 1 aliphatic rings. The summed E-state index contributed by atoms with van der Waals surface area (Å²) in [5.74, 6) is 1.45. The number of aliphatic hydroxyl groups is 1. The summed E-state index contributed by atoms with van der Waals surface area (Å²) >= 11 is 0. The highest BCUT2D eigenvalue weighted by Gasteiger charge is 2.38. The topological polar surface area (TPSA) is 29.5 Å². The van der Waals surface area contributed by atoms with Crippen molar-refractivity contribution in [1.82, 2.24) is 0 Å². The zero-order valence-corrected chi connectivity index (χ0v) is 10.8. The lowest BCUT2D eigenvalue weighted by Crippen LogP contribution is -2.22. The van der Waals surface area contributed by atoms with Gasteiger partial charge in [0.1, 0.15) is 5.75 Å². The van der Waals surface area contributed by atoms with Crippen LogP contribution < -0.4 is 4.74 Å². The van der Waals surface area contributed by atoms with E-state index in [9.17, 15) is 5.11 Å². The second-order valence-corrected chi connectivity index (χ2v) is 5.22. The first-order valence-electron chi connectivity index (χ1n) is 6.60. The van der Waals surface area contributed by atoms with Crippen molar-refractivity contribution >= 4 is 0 Å². The lowest BCUT2D eigenvalue weighted by Gasteiger charge is -2.25. The van der Waals surface area contributed by atoms with Gasteiger partial charge in [-0.05, 0) is 37.7 Å². The van der Waals surface area contributed by atoms with Gasteiger partial charge in [0.05, 0.1) is 12.2 Å². The molecule has 0 aliphatic heterocycles. The quantitative estimate of drug-likeness (QED) is 0.864. The third-order valence-electron chi connectivity index (χ3n) is 3.59. The van der Waals surface area contributed by atoms with Crippen LogP contribution in [0.25, 0.3) is 0 Å². The Morgan fingerprint density at radius 2 is 2.18 bits per heavy atom. The minimum absolute atomic E-state index is 0.597. The van der Waals surface area contributed by atoms with E-state index >= 15 is 0 Å². The molecule has 1 saturated carbocycles. The van der Waals surface area contributed by atoms with Gasteiger partial charge in [-0.25, -0.2) is 0 Å². The highest BCUT2D eigenvalue weighted by molar-refractivity contribution is 5.38. The van der Waals surface area contributed by atoms with Crippen molar-refractivity contribution in [3.05, 3.63) is 29.8 Å². The van der Waals surface area contributed by atoms with Crippen LogP contribution in [0.3, 0.4) is 0 Å². The summed E-state index contributed by atoms with van der Waals surface area (Å²) in [6.45, 7) is 5.01. The maximum absolute atomic E-state index is 10.7. The van der Waals surface area contributed by atoms with Gasteiger partial charge in [0.2, 0.25) is 0 Å². The summed E-state index contributed by atoms with van der Waals surface area (Å²) in [5.41, 5.74) is 0.293. The lowest BCUT2D eigenvalue weighted by atomic mass is 9.90. The molecule has 2 rings (SSSR count). The summed E-state index contributed by atoms with van der Waals surface area (Å²) in [7, 11) is 0. The fourth-order valence-corrected chi connectivity index (χ4v) is 2.70. The SMILES string of the molecule is CCCOc1ccccc1C1(O)CCC(C)C1. The van der Waals surface area contributed by atoms with Gasteiger partial charge in [-0.1, -0.05) is 32.0 Å². The monoisotopic (exact) mass is 234 g/mol. The Hall–Kier alpha value is -1.02. The molecule has 0 radical (unpaired) electrons. The zero-order valence-electron chi connectivity index (χ0n) is 10.8. The van der Waals surface area contributed by atoms with Gasteiger partial charge in [-0.3, -0.25) is 0 Å². The fraction of sp³-hybridized carbons (Fsp3) is 0.600. The van der Waals surface area contributed by atoms with E-state index in [0.717, 1.165) is 37.0 Å². The molecule has 1 aromatic rings. The van der Waals surface area contributed by atoms with Crippen molar-refractivity contribution in [2.45, 2.75) is 45.1 Å². The number of ether oxygens (including phenoxy) is 1. The first kappa shape index (κ1) is 12.4. The molecule has 0 bridgehead atoms. The standard InChI is InChI=1S/C15H22O2/c1-3-10-17-14-7-5-4-6-13(14)15(16)9-8-12(2)11-15/h4-7,12,16H,3,8-11H2,1-2H3. The van der Waals surface area contributed by atoms with Crippen molar-refractivity contribution in [2.75, 3.05) is 6.61 Å². The fourth-order valence-electron chi connectivity index (χ4n) is 2.70. The third-order valence-corrected chi connectivity index (χ3v) is 3.59. The summed E-state index contributed by atoms with van der Waals surface area (Å²) in [5, 5.41) is 10.7. The highest BCUT2D eigenvalue weighted by Crippen LogP contribution is 2.44. The van der Waals surface area contributed by atoms with Crippen LogP contribution >= 0.6 is 0 Å². The maximum atomic E-state index is 10.7. The first-order valence-corrected chi connectivity index (χ1v) is 6.60. The highest BCUT2D eigenvalue weighted by atomic mass is 16.5. The molecule has 0 spiro atoms. The third kappa shape index (κ3) is 2.63. The van der Waals surface area contributed by atoms with Crippen molar-refractivity contribution in [3.8, 4) is 5.75 Å². The summed E-state index contributed by atoms with van der Waals surface area (Å²) in [4.78, 5) is 0. The Morgan fingerprint density at radius 1 is 1.41 bits per heavy atom. The maximum Gasteiger partial charge on any atom is 0.125 e. The van der Waals surface area contributed by atoms with Crippen LogP contribution in [0.15, 0.2) is 24.3 Å². The normalized spacial score (nSPS) is 28.3. The molecule has 1 fully saturated rings. The zero-order chi connectivity index (χ0) is 12.3. The number of hydrogen-bond acceptors (Lipinski definition) is 2. The molecular formula is C15H22O2. The first-order chi connectivity index (χ1) is 8.15. The van der Waals surface area contributed by atoms with Crippen molar-refractivity contribution in [3.63, 3.8) is 0 Å². The summed E-state index contributed by atoms with van der Waals surface area (Å²) in [6, 6.07) is 7.92. The molecule has 1 aliphatic carbocycles. The van der Waals surface area contributed by atoms with Crippen LogP contribution in [0.2, 0.25) is 0 Å². The van der Waals surface area contributed by atoms with Crippen molar-refractivity contribution in [1.29, 1.82) is 0 Å². The second-order valence-electron chi connectivity index (χ2n) is 5.22. The molecule has 2 nitrogen and oxygen atoms in total. The van der Waals surface area contributed by atoms with Gasteiger partial charge < -0.3 is 9.84 Å². The van der Waals surface area contributed by atoms with E-state index in [1.54, 1.807) is 0 Å². The Labute approximate surface area is 104 Å². The molecule has 17 heavy (non-hydrogen) atoms. The Balaban J connectivity index is 2.25. The molecule has 1 aromatic carbocycles. The van der Waals surface area contributed by atoms with E-state index in [1.807, 2.05) is 24.3 Å². The second kappa shape index (κ2) is 5.09.